The smallest absolute Gasteiger partial charge is 0.262 e. The fourth-order valence-corrected chi connectivity index (χ4v) is 7.22. The summed E-state index contributed by atoms with van der Waals surface area (Å²) in [5, 5.41) is 0. The molecule has 2 atom stereocenters. The highest BCUT2D eigenvalue weighted by Gasteiger charge is 2.30. The summed E-state index contributed by atoms with van der Waals surface area (Å²) in [6.45, 7) is 27.3. The van der Waals surface area contributed by atoms with Gasteiger partial charge in [-0.05, 0) is 77.0 Å². The van der Waals surface area contributed by atoms with Gasteiger partial charge in [0.25, 0.3) is 13.1 Å². The summed E-state index contributed by atoms with van der Waals surface area (Å²) in [5.41, 5.74) is 0. The van der Waals surface area contributed by atoms with Crippen LogP contribution in [-0.2, 0) is 0 Å². The fraction of sp³-hybridized carbons (Fsp3) is 0.870. The van der Waals surface area contributed by atoms with Gasteiger partial charge >= 0.3 is 0 Å². The fourth-order valence-electron chi connectivity index (χ4n) is 7.22. The van der Waals surface area contributed by atoms with Crippen molar-refractivity contribution >= 4 is 0 Å². The van der Waals surface area contributed by atoms with Gasteiger partial charge in [0.05, 0.1) is 27.2 Å². The molecule has 0 heterocycles. The van der Waals surface area contributed by atoms with E-state index in [1.54, 1.807) is 0 Å². The summed E-state index contributed by atoms with van der Waals surface area (Å²) in [6, 6.07) is 0. The molecule has 0 radical (unpaired) electrons. The molecule has 0 aromatic heterocycles. The number of rotatable bonds is 39. The summed E-state index contributed by atoms with van der Waals surface area (Å²) in [4.78, 5) is 7.49. The van der Waals surface area contributed by atoms with Crippen molar-refractivity contribution in [1.82, 2.24) is 0 Å². The van der Waals surface area contributed by atoms with Crippen molar-refractivity contribution in [1.29, 1.82) is 0 Å². The number of hydrogen-bond donors (Lipinski definition) is 0. The Labute approximate surface area is 315 Å². The third kappa shape index (κ3) is 33.5. The molecule has 0 saturated heterocycles. The summed E-state index contributed by atoms with van der Waals surface area (Å²) in [5.74, 6) is 0. The van der Waals surface area contributed by atoms with Crippen molar-refractivity contribution in [3.8, 4) is 0 Å². The molecule has 0 N–H and O–H groups in total. The maximum Gasteiger partial charge on any atom is 0.262 e. The molecule has 4 nitrogen and oxygen atoms in total. The SMILES string of the molecule is [C-]#[N+]CC[N+](C)(CCCCCCCCC=CCCCCCCCC)CC[N+](C)(CCCCCCCCC=CCCCCCCCC)CC[N+]#[C-]. The maximum atomic E-state index is 7.44. The van der Waals surface area contributed by atoms with Crippen LogP contribution in [0.2, 0.25) is 0 Å². The molecule has 0 amide bonds. The molecule has 0 bridgehead atoms. The van der Waals surface area contributed by atoms with Crippen molar-refractivity contribution in [3.63, 3.8) is 0 Å². The Kier molecular flexibility index (Phi) is 35.9. The van der Waals surface area contributed by atoms with E-state index in [9.17, 15) is 0 Å². The third-order valence-electron chi connectivity index (χ3n) is 11.1. The van der Waals surface area contributed by atoms with Crippen LogP contribution in [0.3, 0.4) is 0 Å². The highest BCUT2D eigenvalue weighted by molar-refractivity contribution is 4.82. The third-order valence-corrected chi connectivity index (χ3v) is 11.1. The van der Waals surface area contributed by atoms with Crippen LogP contribution in [-0.4, -0.2) is 75.4 Å². The predicted octanol–water partition coefficient (Wildman–Crippen LogP) is 13.8. The van der Waals surface area contributed by atoms with Crippen LogP contribution in [0.1, 0.15) is 194 Å². The number of unbranched alkanes of at least 4 members (excludes halogenated alkanes) is 24. The number of likely N-dealkylation sites (N-methyl/N-ethyl adjacent to an activating group) is 2. The first kappa shape index (κ1) is 48.4. The van der Waals surface area contributed by atoms with E-state index in [-0.39, 0.29) is 0 Å². The molecular formula is C46H88N4+2. The van der Waals surface area contributed by atoms with E-state index in [0.717, 1.165) is 35.1 Å². The first-order valence-electron chi connectivity index (χ1n) is 22.1. The van der Waals surface area contributed by atoms with Gasteiger partial charge in [0, 0.05) is 0 Å². The summed E-state index contributed by atoms with van der Waals surface area (Å²) >= 11 is 0. The lowest BCUT2D eigenvalue weighted by atomic mass is 10.1. The van der Waals surface area contributed by atoms with Gasteiger partial charge in [-0.3, -0.25) is 0 Å². The first-order valence-corrected chi connectivity index (χ1v) is 22.1. The number of allylic oxidation sites excluding steroid dienone is 4. The molecule has 0 aromatic rings. The van der Waals surface area contributed by atoms with Crippen molar-refractivity contribution in [3.05, 3.63) is 47.1 Å². The monoisotopic (exact) mass is 697 g/mol. The highest BCUT2D eigenvalue weighted by Crippen LogP contribution is 2.16. The average Bonchev–Trinajstić information content (AvgIpc) is 3.12. The van der Waals surface area contributed by atoms with E-state index in [1.807, 2.05) is 0 Å². The minimum Gasteiger partial charge on any atom is -0.315 e. The molecule has 4 heteroatoms. The Bertz CT molecular complexity index is 781. The first-order chi connectivity index (χ1) is 24.4. The number of nitrogens with zero attached hydrogens (tertiary/aromatic N) is 4. The van der Waals surface area contributed by atoms with E-state index in [2.05, 4.69) is 61.9 Å². The molecule has 0 aliphatic heterocycles. The van der Waals surface area contributed by atoms with Crippen LogP contribution in [0.15, 0.2) is 24.3 Å². The van der Waals surface area contributed by atoms with Gasteiger partial charge in [0.15, 0.2) is 13.1 Å². The quantitative estimate of drug-likeness (QED) is 0.0262. The lowest BCUT2D eigenvalue weighted by Crippen LogP contribution is -2.56. The lowest BCUT2D eigenvalue weighted by Gasteiger charge is -2.39. The van der Waals surface area contributed by atoms with Gasteiger partial charge in [-0.15, -0.1) is 0 Å². The normalized spacial score (nSPS) is 14.2. The minimum atomic E-state index is 0.629. The van der Waals surface area contributed by atoms with Gasteiger partial charge < -0.3 is 18.7 Å². The Morgan fingerprint density at radius 1 is 0.340 bits per heavy atom. The topological polar surface area (TPSA) is 8.72 Å². The zero-order valence-corrected chi connectivity index (χ0v) is 34.6. The molecule has 0 aromatic carbocycles. The number of quaternary nitrogens is 2. The summed E-state index contributed by atoms with van der Waals surface area (Å²) < 4.78 is 2.04. The van der Waals surface area contributed by atoms with Crippen molar-refractivity contribution in [2.45, 2.75) is 194 Å². The minimum absolute atomic E-state index is 0.629. The Balaban J connectivity index is 4.22. The summed E-state index contributed by atoms with van der Waals surface area (Å²) in [6.07, 6.45) is 47.4. The van der Waals surface area contributed by atoms with Gasteiger partial charge in [0.2, 0.25) is 0 Å². The molecule has 0 saturated carbocycles. The van der Waals surface area contributed by atoms with Crippen LogP contribution in [0.5, 0.6) is 0 Å². The van der Waals surface area contributed by atoms with Crippen molar-refractivity contribution < 1.29 is 8.97 Å². The lowest BCUT2D eigenvalue weighted by molar-refractivity contribution is -0.962. The second-order valence-electron chi connectivity index (χ2n) is 16.2. The average molecular weight is 697 g/mol. The molecule has 50 heavy (non-hydrogen) atoms. The van der Waals surface area contributed by atoms with Crippen LogP contribution < -0.4 is 0 Å². The van der Waals surface area contributed by atoms with E-state index in [4.69, 9.17) is 13.1 Å². The Hall–Kier alpha value is -1.62. The second-order valence-corrected chi connectivity index (χ2v) is 16.2. The second kappa shape index (κ2) is 37.1. The van der Waals surface area contributed by atoms with Crippen LogP contribution in [0.25, 0.3) is 9.69 Å². The Morgan fingerprint density at radius 3 is 0.880 bits per heavy atom. The maximum absolute atomic E-state index is 7.44. The van der Waals surface area contributed by atoms with Gasteiger partial charge in [-0.25, -0.2) is 13.1 Å². The van der Waals surface area contributed by atoms with Crippen molar-refractivity contribution in [2.75, 3.05) is 66.5 Å². The molecule has 0 aliphatic carbocycles. The van der Waals surface area contributed by atoms with Gasteiger partial charge in [0.1, 0.15) is 13.1 Å². The van der Waals surface area contributed by atoms with Crippen LogP contribution in [0, 0.1) is 13.1 Å². The zero-order valence-electron chi connectivity index (χ0n) is 34.6. The highest BCUT2D eigenvalue weighted by atomic mass is 15.4. The van der Waals surface area contributed by atoms with Crippen LogP contribution >= 0.6 is 0 Å². The molecule has 0 rings (SSSR count). The number of hydrogen-bond acceptors (Lipinski definition) is 0. The molecule has 2 unspecified atom stereocenters. The molecule has 0 fully saturated rings. The van der Waals surface area contributed by atoms with E-state index < -0.39 is 0 Å². The molecule has 290 valence electrons. The predicted molar refractivity (Wildman–Crippen MR) is 223 cm³/mol. The molecule has 0 aliphatic rings. The Morgan fingerprint density at radius 2 is 0.600 bits per heavy atom. The van der Waals surface area contributed by atoms with Crippen LogP contribution in [0.4, 0.5) is 0 Å². The largest absolute Gasteiger partial charge is 0.315 e. The van der Waals surface area contributed by atoms with Gasteiger partial charge in [-0.1, -0.05) is 141 Å². The van der Waals surface area contributed by atoms with Gasteiger partial charge in [-0.2, -0.15) is 0 Å². The van der Waals surface area contributed by atoms with E-state index in [1.165, 1.54) is 193 Å². The van der Waals surface area contributed by atoms with Crippen molar-refractivity contribution in [2.24, 2.45) is 0 Å². The molecular weight excluding hydrogens is 609 g/mol. The zero-order chi connectivity index (χ0) is 36.7. The summed E-state index contributed by atoms with van der Waals surface area (Å²) in [7, 11) is 4.79. The van der Waals surface area contributed by atoms with E-state index in [0.29, 0.717) is 13.1 Å². The standard InChI is InChI=1S/C46H88N4/c1-7-9-11-13-15-17-19-21-23-25-27-29-31-33-35-37-41-49(5,43-39-47-3)45-46-50(6,44-40-48-4)42-38-36-34-32-30-28-26-24-22-20-18-16-14-12-10-8-2/h21-24H,7-20,25-46H2,1-2,5-6H3/q+2. The molecule has 0 spiro atoms. The van der Waals surface area contributed by atoms with E-state index >= 15 is 0 Å².